The highest BCUT2D eigenvalue weighted by Crippen LogP contribution is 2.21. The Morgan fingerprint density at radius 3 is 2.65 bits per heavy atom. The quantitative estimate of drug-likeness (QED) is 0.158. The highest BCUT2D eigenvalue weighted by atomic mass is 16.5. The minimum absolute atomic E-state index is 0.289. The highest BCUT2D eigenvalue weighted by molar-refractivity contribution is 5.98. The molecule has 1 aromatic heterocycles. The van der Waals surface area contributed by atoms with Gasteiger partial charge < -0.3 is 9.72 Å². The monoisotopic (exact) mass is 454 g/mol. The van der Waals surface area contributed by atoms with Crippen LogP contribution in [0.2, 0.25) is 0 Å². The summed E-state index contributed by atoms with van der Waals surface area (Å²) in [6.45, 7) is 2.89. The second-order valence-electron chi connectivity index (χ2n) is 8.18. The molecule has 0 radical (unpaired) electrons. The van der Waals surface area contributed by atoms with Crippen molar-refractivity contribution in [3.05, 3.63) is 83.9 Å². The number of aromatic amines is 1. The summed E-state index contributed by atoms with van der Waals surface area (Å²) in [6, 6.07) is 23.0. The third-order valence-corrected chi connectivity index (χ3v) is 5.59. The molecule has 0 fully saturated rings. The number of nitrogens with one attached hydrogen (secondary N) is 2. The number of imidazole rings is 1. The van der Waals surface area contributed by atoms with Gasteiger partial charge in [0, 0.05) is 16.7 Å². The van der Waals surface area contributed by atoms with Crippen LogP contribution in [-0.2, 0) is 0 Å². The number of hydrogen-bond donors (Lipinski definition) is 2. The topological polar surface area (TPSA) is 79.4 Å². The number of fused-ring (bicyclic) bond motifs is 1. The standard InChI is InChI=1S/C28H30N4O2/c1-2-3-4-5-11-18-34-26-15-10-9-14-23(26)20-29-32-28(33)22-16-17-24-25(19-22)31-27(30-24)21-12-7-6-8-13-21/h6-10,12-17,19-20H,2-5,11,18H2,1H3,(H,30,31)(H,32,33)/b29-20+. The van der Waals surface area contributed by atoms with Gasteiger partial charge in [-0.05, 0) is 36.8 Å². The molecule has 1 heterocycles. The van der Waals surface area contributed by atoms with Crippen LogP contribution in [0, 0.1) is 0 Å². The lowest BCUT2D eigenvalue weighted by atomic mass is 10.2. The second kappa shape index (κ2) is 11.8. The summed E-state index contributed by atoms with van der Waals surface area (Å²) in [5.41, 5.74) is 6.54. The summed E-state index contributed by atoms with van der Waals surface area (Å²) < 4.78 is 5.93. The third kappa shape index (κ3) is 6.10. The molecule has 34 heavy (non-hydrogen) atoms. The predicted octanol–water partition coefficient (Wildman–Crippen LogP) is 6.34. The number of amides is 1. The highest BCUT2D eigenvalue weighted by Gasteiger charge is 2.10. The summed E-state index contributed by atoms with van der Waals surface area (Å²) in [7, 11) is 0. The lowest BCUT2D eigenvalue weighted by Gasteiger charge is -2.08. The third-order valence-electron chi connectivity index (χ3n) is 5.59. The summed E-state index contributed by atoms with van der Waals surface area (Å²) in [4.78, 5) is 20.5. The van der Waals surface area contributed by atoms with E-state index in [0.717, 1.165) is 40.2 Å². The van der Waals surface area contributed by atoms with E-state index in [0.29, 0.717) is 12.2 Å². The molecule has 0 aliphatic heterocycles. The van der Waals surface area contributed by atoms with Crippen LogP contribution >= 0.6 is 0 Å². The molecule has 174 valence electrons. The van der Waals surface area contributed by atoms with E-state index in [2.05, 4.69) is 27.4 Å². The second-order valence-corrected chi connectivity index (χ2v) is 8.18. The molecule has 0 spiro atoms. The molecule has 2 N–H and O–H groups in total. The first-order chi connectivity index (χ1) is 16.7. The fourth-order valence-corrected chi connectivity index (χ4v) is 3.71. The number of para-hydroxylation sites is 1. The number of ether oxygens (including phenoxy) is 1. The van der Waals surface area contributed by atoms with E-state index >= 15 is 0 Å². The molecule has 4 rings (SSSR count). The molecular formula is C28H30N4O2. The van der Waals surface area contributed by atoms with Gasteiger partial charge in [-0.2, -0.15) is 5.10 Å². The zero-order valence-corrected chi connectivity index (χ0v) is 19.5. The Morgan fingerprint density at radius 1 is 1.00 bits per heavy atom. The molecule has 0 saturated heterocycles. The van der Waals surface area contributed by atoms with Crippen LogP contribution in [0.25, 0.3) is 22.4 Å². The molecule has 0 atom stereocenters. The maximum absolute atomic E-state index is 12.6. The number of unbranched alkanes of at least 4 members (excludes halogenated alkanes) is 4. The van der Waals surface area contributed by atoms with Gasteiger partial charge in [0.15, 0.2) is 0 Å². The van der Waals surface area contributed by atoms with Crippen molar-refractivity contribution in [2.45, 2.75) is 39.0 Å². The van der Waals surface area contributed by atoms with E-state index in [1.54, 1.807) is 18.3 Å². The average Bonchev–Trinajstić information content (AvgIpc) is 3.31. The van der Waals surface area contributed by atoms with Crippen molar-refractivity contribution in [2.75, 3.05) is 6.61 Å². The number of H-pyrrole nitrogens is 1. The van der Waals surface area contributed by atoms with Gasteiger partial charge in [0.2, 0.25) is 0 Å². The van der Waals surface area contributed by atoms with Gasteiger partial charge in [-0.15, -0.1) is 0 Å². The Hall–Kier alpha value is -3.93. The minimum atomic E-state index is -0.289. The maximum atomic E-state index is 12.6. The maximum Gasteiger partial charge on any atom is 0.271 e. The lowest BCUT2D eigenvalue weighted by molar-refractivity contribution is 0.0955. The number of nitrogens with zero attached hydrogens (tertiary/aromatic N) is 2. The Labute approximate surface area is 200 Å². The number of rotatable bonds is 11. The Kier molecular flexibility index (Phi) is 8.06. The van der Waals surface area contributed by atoms with Crippen LogP contribution in [0.5, 0.6) is 5.75 Å². The Balaban J connectivity index is 1.36. The smallest absolute Gasteiger partial charge is 0.271 e. The number of carbonyl (C=O) groups is 1. The molecule has 0 unspecified atom stereocenters. The van der Waals surface area contributed by atoms with Gasteiger partial charge in [-0.1, -0.05) is 75.1 Å². The molecule has 3 aromatic carbocycles. The molecular weight excluding hydrogens is 424 g/mol. The SMILES string of the molecule is CCCCCCCOc1ccccc1/C=N/NC(=O)c1ccc2nc(-c3ccccc3)[nH]c2c1. The van der Waals surface area contributed by atoms with Crippen molar-refractivity contribution in [3.8, 4) is 17.1 Å². The number of aromatic nitrogens is 2. The zero-order chi connectivity index (χ0) is 23.6. The van der Waals surface area contributed by atoms with Crippen LogP contribution in [0.15, 0.2) is 77.9 Å². The van der Waals surface area contributed by atoms with Gasteiger partial charge in [0.1, 0.15) is 11.6 Å². The normalized spacial score (nSPS) is 11.2. The first kappa shape index (κ1) is 23.2. The fourth-order valence-electron chi connectivity index (χ4n) is 3.71. The molecule has 0 aliphatic rings. The summed E-state index contributed by atoms with van der Waals surface area (Å²) >= 11 is 0. The van der Waals surface area contributed by atoms with Gasteiger partial charge >= 0.3 is 0 Å². The molecule has 0 bridgehead atoms. The van der Waals surface area contributed by atoms with Crippen molar-refractivity contribution in [2.24, 2.45) is 5.10 Å². The fraction of sp³-hybridized carbons (Fsp3) is 0.250. The van der Waals surface area contributed by atoms with Gasteiger partial charge in [-0.3, -0.25) is 4.79 Å². The van der Waals surface area contributed by atoms with Crippen molar-refractivity contribution in [3.63, 3.8) is 0 Å². The van der Waals surface area contributed by atoms with Crippen LogP contribution in [0.3, 0.4) is 0 Å². The molecule has 0 saturated carbocycles. The first-order valence-corrected chi connectivity index (χ1v) is 11.8. The predicted molar refractivity (Wildman–Crippen MR) is 137 cm³/mol. The molecule has 0 aliphatic carbocycles. The van der Waals surface area contributed by atoms with Gasteiger partial charge in [0.05, 0.1) is 23.9 Å². The van der Waals surface area contributed by atoms with E-state index in [1.807, 2.05) is 60.7 Å². The van der Waals surface area contributed by atoms with Crippen LogP contribution in [0.4, 0.5) is 0 Å². The molecule has 6 nitrogen and oxygen atoms in total. The van der Waals surface area contributed by atoms with Gasteiger partial charge in [-0.25, -0.2) is 10.4 Å². The van der Waals surface area contributed by atoms with Crippen molar-refractivity contribution >= 4 is 23.2 Å². The lowest BCUT2D eigenvalue weighted by Crippen LogP contribution is -2.17. The average molecular weight is 455 g/mol. The van der Waals surface area contributed by atoms with E-state index in [1.165, 1.54) is 25.7 Å². The first-order valence-electron chi connectivity index (χ1n) is 11.8. The van der Waals surface area contributed by atoms with E-state index < -0.39 is 0 Å². The van der Waals surface area contributed by atoms with Crippen molar-refractivity contribution in [1.82, 2.24) is 15.4 Å². The van der Waals surface area contributed by atoms with Crippen LogP contribution < -0.4 is 10.2 Å². The number of hydrogen-bond acceptors (Lipinski definition) is 4. The Bertz CT molecular complexity index is 1250. The van der Waals surface area contributed by atoms with Crippen LogP contribution in [0.1, 0.15) is 54.9 Å². The van der Waals surface area contributed by atoms with E-state index in [-0.39, 0.29) is 5.91 Å². The summed E-state index contributed by atoms with van der Waals surface area (Å²) in [6.07, 6.45) is 7.57. The largest absolute Gasteiger partial charge is 0.493 e. The van der Waals surface area contributed by atoms with E-state index in [4.69, 9.17) is 4.74 Å². The summed E-state index contributed by atoms with van der Waals surface area (Å²) in [5, 5.41) is 4.15. The molecule has 4 aromatic rings. The zero-order valence-electron chi connectivity index (χ0n) is 19.5. The minimum Gasteiger partial charge on any atom is -0.493 e. The number of hydrazone groups is 1. The summed E-state index contributed by atoms with van der Waals surface area (Å²) in [5.74, 6) is 1.25. The van der Waals surface area contributed by atoms with Crippen molar-refractivity contribution in [1.29, 1.82) is 0 Å². The van der Waals surface area contributed by atoms with Crippen molar-refractivity contribution < 1.29 is 9.53 Å². The molecule has 6 heteroatoms. The van der Waals surface area contributed by atoms with Crippen LogP contribution in [-0.4, -0.2) is 28.7 Å². The molecule has 1 amide bonds. The Morgan fingerprint density at radius 2 is 1.79 bits per heavy atom. The van der Waals surface area contributed by atoms with Gasteiger partial charge in [0.25, 0.3) is 5.91 Å². The number of benzene rings is 3. The van der Waals surface area contributed by atoms with E-state index in [9.17, 15) is 4.79 Å². The number of carbonyl (C=O) groups excluding carboxylic acids is 1.